The van der Waals surface area contributed by atoms with E-state index in [-0.39, 0.29) is 22.8 Å². The molecular formula is C19H19Cl2N3O4S. The Labute approximate surface area is 183 Å². The summed E-state index contributed by atoms with van der Waals surface area (Å²) in [5, 5.41) is 3.11. The Bertz CT molecular complexity index is 909. The van der Waals surface area contributed by atoms with Crippen molar-refractivity contribution in [2.24, 2.45) is 0 Å². The van der Waals surface area contributed by atoms with Crippen molar-refractivity contribution in [3.05, 3.63) is 58.1 Å². The molecule has 7 nitrogen and oxygen atoms in total. The van der Waals surface area contributed by atoms with E-state index in [1.165, 1.54) is 6.07 Å². The first-order valence-electron chi connectivity index (χ1n) is 8.49. The first kappa shape index (κ1) is 22.7. The largest absolute Gasteiger partial charge is 0.491 e. The van der Waals surface area contributed by atoms with Crippen LogP contribution in [0.1, 0.15) is 24.2 Å². The molecule has 10 heteroatoms. The Morgan fingerprint density at radius 1 is 1.10 bits per heavy atom. The van der Waals surface area contributed by atoms with E-state index in [2.05, 4.69) is 16.2 Å². The minimum absolute atomic E-state index is 0.0174. The zero-order valence-electron chi connectivity index (χ0n) is 15.6. The van der Waals surface area contributed by atoms with Crippen molar-refractivity contribution in [3.63, 3.8) is 0 Å². The molecule has 2 rings (SSSR count). The molecule has 0 radical (unpaired) electrons. The van der Waals surface area contributed by atoms with Gasteiger partial charge in [0.05, 0.1) is 11.1 Å². The molecule has 0 bridgehead atoms. The van der Waals surface area contributed by atoms with Crippen LogP contribution >= 0.6 is 35.4 Å². The molecule has 0 heterocycles. The zero-order valence-corrected chi connectivity index (χ0v) is 18.0. The third-order valence-electron chi connectivity index (χ3n) is 3.26. The number of benzene rings is 2. The SMILES string of the molecule is CC(C)Oc1cccc(C(=O)NC(=S)NNC(=O)COc2ccc(Cl)cc2Cl)c1. The summed E-state index contributed by atoms with van der Waals surface area (Å²) in [5.74, 6) is -0.0986. The molecule has 0 saturated carbocycles. The Hall–Kier alpha value is -2.55. The average molecular weight is 456 g/mol. The van der Waals surface area contributed by atoms with Crippen LogP contribution in [0.3, 0.4) is 0 Å². The number of hydrazine groups is 1. The van der Waals surface area contributed by atoms with Gasteiger partial charge in [-0.05, 0) is 62.5 Å². The lowest BCUT2D eigenvalue weighted by Crippen LogP contribution is -2.49. The number of carbonyl (C=O) groups is 2. The molecular weight excluding hydrogens is 437 g/mol. The summed E-state index contributed by atoms with van der Waals surface area (Å²) in [7, 11) is 0. The fourth-order valence-corrected chi connectivity index (χ4v) is 2.69. The van der Waals surface area contributed by atoms with Crippen molar-refractivity contribution in [1.82, 2.24) is 16.2 Å². The molecule has 0 fully saturated rings. The summed E-state index contributed by atoms with van der Waals surface area (Å²) in [6.07, 6.45) is -0.0174. The van der Waals surface area contributed by atoms with Crippen molar-refractivity contribution >= 4 is 52.3 Å². The highest BCUT2D eigenvalue weighted by molar-refractivity contribution is 7.80. The second-order valence-corrected chi connectivity index (χ2v) is 7.27. The Balaban J connectivity index is 1.78. The van der Waals surface area contributed by atoms with Crippen LogP contribution in [-0.2, 0) is 4.79 Å². The molecule has 3 N–H and O–H groups in total. The summed E-state index contributed by atoms with van der Waals surface area (Å²) in [5.41, 5.74) is 5.10. The number of thiocarbonyl (C=S) groups is 1. The van der Waals surface area contributed by atoms with Gasteiger partial charge in [-0.25, -0.2) is 0 Å². The second kappa shape index (κ2) is 10.8. The molecule has 0 saturated heterocycles. The third kappa shape index (κ3) is 7.77. The van der Waals surface area contributed by atoms with Gasteiger partial charge >= 0.3 is 0 Å². The van der Waals surface area contributed by atoms with E-state index in [9.17, 15) is 9.59 Å². The molecule has 29 heavy (non-hydrogen) atoms. The standard InChI is InChI=1S/C19H19Cl2N3O4S/c1-11(2)28-14-5-3-4-12(8-14)18(26)22-19(29)24-23-17(25)10-27-16-7-6-13(20)9-15(16)21/h3-9,11H,10H2,1-2H3,(H,23,25)(H2,22,24,26,29). The highest BCUT2D eigenvalue weighted by atomic mass is 35.5. The van der Waals surface area contributed by atoms with Crippen LogP contribution < -0.4 is 25.6 Å². The van der Waals surface area contributed by atoms with Crippen molar-refractivity contribution < 1.29 is 19.1 Å². The molecule has 0 unspecified atom stereocenters. The monoisotopic (exact) mass is 455 g/mol. The van der Waals surface area contributed by atoms with Crippen molar-refractivity contribution in [2.75, 3.05) is 6.61 Å². The van der Waals surface area contributed by atoms with Gasteiger partial charge in [-0.15, -0.1) is 0 Å². The summed E-state index contributed by atoms with van der Waals surface area (Å²) < 4.78 is 10.8. The Morgan fingerprint density at radius 2 is 1.86 bits per heavy atom. The predicted molar refractivity (Wildman–Crippen MR) is 116 cm³/mol. The zero-order chi connectivity index (χ0) is 21.4. The van der Waals surface area contributed by atoms with Gasteiger partial charge in [0.15, 0.2) is 11.7 Å². The normalized spacial score (nSPS) is 10.2. The van der Waals surface area contributed by atoms with E-state index in [1.54, 1.807) is 36.4 Å². The van der Waals surface area contributed by atoms with Crippen molar-refractivity contribution in [2.45, 2.75) is 20.0 Å². The number of rotatable bonds is 6. The summed E-state index contributed by atoms with van der Waals surface area (Å²) in [6.45, 7) is 3.46. The summed E-state index contributed by atoms with van der Waals surface area (Å²) in [6, 6.07) is 11.3. The van der Waals surface area contributed by atoms with Gasteiger partial charge in [-0.3, -0.25) is 25.8 Å². The number of carbonyl (C=O) groups excluding carboxylic acids is 2. The molecule has 2 aromatic carbocycles. The molecule has 154 valence electrons. The van der Waals surface area contributed by atoms with Gasteiger partial charge in [0.2, 0.25) is 0 Å². The van der Waals surface area contributed by atoms with Crippen LogP contribution in [0.25, 0.3) is 0 Å². The topological polar surface area (TPSA) is 88.7 Å². The maximum absolute atomic E-state index is 12.3. The minimum atomic E-state index is -0.528. The summed E-state index contributed by atoms with van der Waals surface area (Å²) in [4.78, 5) is 24.1. The second-order valence-electron chi connectivity index (χ2n) is 6.01. The van der Waals surface area contributed by atoms with Crippen LogP contribution in [0.2, 0.25) is 10.0 Å². The van der Waals surface area contributed by atoms with E-state index in [4.69, 9.17) is 44.9 Å². The highest BCUT2D eigenvalue weighted by Gasteiger charge is 2.11. The Kier molecular flexibility index (Phi) is 8.50. The smallest absolute Gasteiger partial charge is 0.276 e. The molecule has 0 spiro atoms. The number of halogens is 2. The molecule has 0 aliphatic carbocycles. The van der Waals surface area contributed by atoms with E-state index in [0.29, 0.717) is 22.1 Å². The fourth-order valence-electron chi connectivity index (χ4n) is 2.09. The molecule has 0 aliphatic heterocycles. The average Bonchev–Trinajstić information content (AvgIpc) is 2.65. The van der Waals surface area contributed by atoms with E-state index < -0.39 is 11.8 Å². The molecule has 0 aromatic heterocycles. The Morgan fingerprint density at radius 3 is 2.55 bits per heavy atom. The molecule has 2 amide bonds. The summed E-state index contributed by atoms with van der Waals surface area (Å²) >= 11 is 16.8. The quantitative estimate of drug-likeness (QED) is 0.456. The van der Waals surface area contributed by atoms with Gasteiger partial charge in [0.25, 0.3) is 11.8 Å². The van der Waals surface area contributed by atoms with Crippen LogP contribution in [0, 0.1) is 0 Å². The van der Waals surface area contributed by atoms with Crippen LogP contribution in [0.5, 0.6) is 11.5 Å². The van der Waals surface area contributed by atoms with E-state index in [1.807, 2.05) is 13.8 Å². The van der Waals surface area contributed by atoms with Crippen molar-refractivity contribution in [3.8, 4) is 11.5 Å². The molecule has 0 aliphatic rings. The highest BCUT2D eigenvalue weighted by Crippen LogP contribution is 2.27. The first-order valence-corrected chi connectivity index (χ1v) is 9.65. The lowest BCUT2D eigenvalue weighted by Gasteiger charge is -2.13. The van der Waals surface area contributed by atoms with Gasteiger partial charge in [0.1, 0.15) is 11.5 Å². The van der Waals surface area contributed by atoms with Crippen LogP contribution in [-0.4, -0.2) is 29.6 Å². The van der Waals surface area contributed by atoms with Gasteiger partial charge < -0.3 is 9.47 Å². The van der Waals surface area contributed by atoms with Gasteiger partial charge in [0, 0.05) is 10.6 Å². The first-order chi connectivity index (χ1) is 13.7. The number of nitrogens with one attached hydrogen (secondary N) is 3. The number of hydrogen-bond donors (Lipinski definition) is 3. The van der Waals surface area contributed by atoms with E-state index in [0.717, 1.165) is 0 Å². The minimum Gasteiger partial charge on any atom is -0.491 e. The maximum Gasteiger partial charge on any atom is 0.276 e. The van der Waals surface area contributed by atoms with Gasteiger partial charge in [-0.1, -0.05) is 29.3 Å². The molecule has 0 atom stereocenters. The van der Waals surface area contributed by atoms with Crippen molar-refractivity contribution in [1.29, 1.82) is 0 Å². The number of amides is 2. The lowest BCUT2D eigenvalue weighted by molar-refractivity contribution is -0.123. The fraction of sp³-hybridized carbons (Fsp3) is 0.211. The predicted octanol–water partition coefficient (Wildman–Crippen LogP) is 3.50. The van der Waals surface area contributed by atoms with Crippen LogP contribution in [0.15, 0.2) is 42.5 Å². The van der Waals surface area contributed by atoms with E-state index >= 15 is 0 Å². The van der Waals surface area contributed by atoms with Crippen LogP contribution in [0.4, 0.5) is 0 Å². The number of hydrogen-bond acceptors (Lipinski definition) is 5. The molecule has 2 aromatic rings. The van der Waals surface area contributed by atoms with Gasteiger partial charge in [-0.2, -0.15) is 0 Å². The lowest BCUT2D eigenvalue weighted by atomic mass is 10.2. The number of ether oxygens (including phenoxy) is 2. The maximum atomic E-state index is 12.3. The third-order valence-corrected chi connectivity index (χ3v) is 4.00.